The summed E-state index contributed by atoms with van der Waals surface area (Å²) in [5, 5.41) is 5.25. The van der Waals surface area contributed by atoms with Crippen LogP contribution in [0.15, 0.2) is 120 Å². The van der Waals surface area contributed by atoms with Gasteiger partial charge in [0.25, 0.3) is 0 Å². The monoisotopic (exact) mass is 726 g/mol. The normalized spacial score (nSPS) is 17.9. The van der Waals surface area contributed by atoms with E-state index in [0.717, 1.165) is 0 Å². The number of rotatable bonds is 4. The third-order valence-electron chi connectivity index (χ3n) is 11.3. The van der Waals surface area contributed by atoms with Crippen molar-refractivity contribution in [2.75, 3.05) is 0 Å². The molecule has 0 N–H and O–H groups in total. The van der Waals surface area contributed by atoms with Crippen LogP contribution in [0.5, 0.6) is 0 Å². The number of benzene rings is 6. The van der Waals surface area contributed by atoms with Gasteiger partial charge >= 0.3 is 273 Å². The number of hydrogen-bond acceptors (Lipinski definition) is 0. The first-order valence-corrected chi connectivity index (χ1v) is 22.9. The second-order valence-electron chi connectivity index (χ2n) is 14.0. The number of aryl methyl sites for hydroxylation is 2. The fraction of sp³-hybridized carbons (Fsp3) is 0.182. The zero-order valence-electron chi connectivity index (χ0n) is 27.4. The average molecular weight is 729 g/mol. The molecule has 0 aromatic heterocycles. The fourth-order valence-electron chi connectivity index (χ4n) is 9.23. The van der Waals surface area contributed by atoms with E-state index in [9.17, 15) is 0 Å². The molecule has 0 bridgehead atoms. The summed E-state index contributed by atoms with van der Waals surface area (Å²) in [4.78, 5) is 0. The molecule has 2 atom stereocenters. The Morgan fingerprint density at radius 2 is 0.872 bits per heavy atom. The van der Waals surface area contributed by atoms with Crippen LogP contribution in [0.2, 0.25) is 8.26 Å². The molecule has 3 heteroatoms. The smallest absolute Gasteiger partial charge is 1.00 e. The van der Waals surface area contributed by atoms with Gasteiger partial charge in [-0.25, -0.2) is 0 Å². The van der Waals surface area contributed by atoms with Crippen molar-refractivity contribution in [3.8, 4) is 22.3 Å². The predicted octanol–water partition coefficient (Wildman–Crippen LogP) is 6.57. The maximum Gasteiger partial charge on any atom is -1.00 e. The molecule has 1 fully saturated rings. The summed E-state index contributed by atoms with van der Waals surface area (Å²) in [6.45, 7) is 9.66. The first kappa shape index (κ1) is 32.3. The maximum absolute atomic E-state index is 2.76. The Kier molecular flexibility index (Phi) is 8.28. The summed E-state index contributed by atoms with van der Waals surface area (Å²) >= 11 is -2.76. The van der Waals surface area contributed by atoms with Crippen molar-refractivity contribution >= 4 is 33.7 Å². The van der Waals surface area contributed by atoms with Crippen LogP contribution < -0.4 is 24.8 Å². The van der Waals surface area contributed by atoms with E-state index < -0.39 is 20.3 Å². The maximum atomic E-state index is 2.59. The van der Waals surface area contributed by atoms with E-state index in [4.69, 9.17) is 0 Å². The molecule has 9 rings (SSSR count). The molecule has 1 saturated heterocycles. The predicted molar refractivity (Wildman–Crippen MR) is 191 cm³/mol. The van der Waals surface area contributed by atoms with Crippen LogP contribution >= 0.6 is 0 Å². The van der Waals surface area contributed by atoms with Gasteiger partial charge < -0.3 is 24.8 Å². The molecule has 47 heavy (non-hydrogen) atoms. The Balaban J connectivity index is 0.00000176. The van der Waals surface area contributed by atoms with Gasteiger partial charge in [0, 0.05) is 0 Å². The molecule has 0 nitrogen and oxygen atoms in total. The van der Waals surface area contributed by atoms with Crippen molar-refractivity contribution in [2.24, 2.45) is 0 Å². The second-order valence-corrected chi connectivity index (χ2v) is 25.4. The van der Waals surface area contributed by atoms with Gasteiger partial charge in [-0.3, -0.25) is 0 Å². The summed E-state index contributed by atoms with van der Waals surface area (Å²) in [5.41, 5.74) is 18.0. The number of hydrogen-bond donors (Lipinski definition) is 0. The van der Waals surface area contributed by atoms with Gasteiger partial charge in [-0.15, -0.1) is 0 Å². The summed E-state index contributed by atoms with van der Waals surface area (Å²) < 4.78 is 4.27. The average Bonchev–Trinajstić information content (AvgIpc) is 3.63. The van der Waals surface area contributed by atoms with Crippen LogP contribution in [0.3, 0.4) is 0 Å². The molecule has 2 unspecified atom stereocenters. The third kappa shape index (κ3) is 4.96. The minimum absolute atomic E-state index is 0. The van der Waals surface area contributed by atoms with Crippen molar-refractivity contribution in [1.82, 2.24) is 0 Å². The molecule has 6 aromatic carbocycles. The second kappa shape index (κ2) is 12.0. The number of halogens is 2. The van der Waals surface area contributed by atoms with Gasteiger partial charge in [-0.1, -0.05) is 0 Å². The largest absolute Gasteiger partial charge is 1.00 e. The molecule has 1 aliphatic heterocycles. The minimum Gasteiger partial charge on any atom is -1.00 e. The number of allylic oxidation sites excluding steroid dienone is 2. The molecule has 0 spiro atoms. The van der Waals surface area contributed by atoms with E-state index >= 15 is 0 Å². The van der Waals surface area contributed by atoms with Crippen molar-refractivity contribution in [3.63, 3.8) is 0 Å². The van der Waals surface area contributed by atoms with E-state index in [0.29, 0.717) is 7.25 Å². The van der Waals surface area contributed by atoms with Gasteiger partial charge in [0.05, 0.1) is 0 Å². The van der Waals surface area contributed by atoms with Crippen LogP contribution in [0, 0.1) is 13.8 Å². The van der Waals surface area contributed by atoms with E-state index in [-0.39, 0.29) is 24.8 Å². The zero-order valence-corrected chi connectivity index (χ0v) is 31.3. The van der Waals surface area contributed by atoms with Crippen molar-refractivity contribution in [3.05, 3.63) is 154 Å². The van der Waals surface area contributed by atoms with Crippen LogP contribution in [-0.2, 0) is 20.3 Å². The first-order valence-electron chi connectivity index (χ1n) is 16.5. The van der Waals surface area contributed by atoms with Crippen molar-refractivity contribution in [1.29, 1.82) is 0 Å². The molecular weight excluding hydrogens is 691 g/mol. The van der Waals surface area contributed by atoms with Gasteiger partial charge in [0.1, 0.15) is 0 Å². The topological polar surface area (TPSA) is 0 Å². The molecule has 3 aliphatic rings. The van der Waals surface area contributed by atoms with Crippen LogP contribution in [0.1, 0.15) is 54.5 Å². The quantitative estimate of drug-likeness (QED) is 0.193. The summed E-state index contributed by atoms with van der Waals surface area (Å²) in [6.07, 6.45) is 5.17. The summed E-state index contributed by atoms with van der Waals surface area (Å²) in [5.74, 6) is 0. The Labute approximate surface area is 295 Å². The van der Waals surface area contributed by atoms with E-state index in [1.54, 1.807) is 22.3 Å². The third-order valence-corrected chi connectivity index (χ3v) is 24.7. The van der Waals surface area contributed by atoms with Crippen molar-refractivity contribution < 1.29 is 45.1 Å². The molecule has 2 aliphatic carbocycles. The van der Waals surface area contributed by atoms with Gasteiger partial charge in [0.15, 0.2) is 0 Å². The Hall–Kier alpha value is -3.22. The molecule has 6 aromatic rings. The molecule has 0 amide bonds. The Bertz CT molecular complexity index is 2130. The fourth-order valence-corrected chi connectivity index (χ4v) is 27.4. The first-order chi connectivity index (χ1) is 21.9. The Morgan fingerprint density at radius 1 is 0.468 bits per heavy atom. The standard InChI is InChI=1S/2C21H17.C2H4.2ClH.Zr/c2*1-14-11-20-15(2)7-10-19(21(20)12-14)18-9-8-16-5-3-4-6-17(16)13-18;1-2;;;/h2*3-13H,1-2H3;1-2H2;2*1H;/q;;;;;+2/p-2. The SMILES string of the molecule is CC1=Cc2c(-c3ccc4ccccc4c3)ccc(C)c2[CH]1[Zr+2]1([CH]2C(C)=Cc3c(-c4ccc5ccccc5c4)ccc(C)c32)[CH2][CH2]1.[Cl-].[Cl-]. The van der Waals surface area contributed by atoms with Crippen LogP contribution in [0.4, 0.5) is 0 Å². The zero-order chi connectivity index (χ0) is 30.4. The van der Waals surface area contributed by atoms with Gasteiger partial charge in [-0.2, -0.15) is 0 Å². The van der Waals surface area contributed by atoms with E-state index in [2.05, 4.69) is 149 Å². The van der Waals surface area contributed by atoms with Crippen molar-refractivity contribution in [2.45, 2.75) is 43.2 Å². The van der Waals surface area contributed by atoms with Gasteiger partial charge in [0.2, 0.25) is 0 Å². The number of fused-ring (bicyclic) bond motifs is 4. The van der Waals surface area contributed by atoms with E-state index in [1.807, 2.05) is 0 Å². The molecule has 1 heterocycles. The van der Waals surface area contributed by atoms with Gasteiger partial charge in [-0.05, 0) is 0 Å². The molecule has 0 radical (unpaired) electrons. The molecular formula is C44H38Cl2Zr. The Morgan fingerprint density at radius 3 is 1.28 bits per heavy atom. The minimum atomic E-state index is -2.76. The molecule has 232 valence electrons. The van der Waals surface area contributed by atoms with Crippen LogP contribution in [0.25, 0.3) is 56.0 Å². The summed E-state index contributed by atoms with van der Waals surface area (Å²) in [7, 11) is 0. The van der Waals surface area contributed by atoms with Crippen LogP contribution in [-0.4, -0.2) is 0 Å². The molecule has 0 saturated carbocycles. The van der Waals surface area contributed by atoms with E-state index in [1.165, 1.54) is 74.3 Å². The summed E-state index contributed by atoms with van der Waals surface area (Å²) in [6, 6.07) is 41.1.